The van der Waals surface area contributed by atoms with Crippen LogP contribution < -0.4 is 5.73 Å². The van der Waals surface area contributed by atoms with Crippen molar-refractivity contribution in [1.29, 1.82) is 0 Å². The summed E-state index contributed by atoms with van der Waals surface area (Å²) in [7, 11) is 0. The van der Waals surface area contributed by atoms with E-state index in [4.69, 9.17) is 10.8 Å². The third-order valence-corrected chi connectivity index (χ3v) is 2.31. The molecule has 6 nitrogen and oxygen atoms in total. The Morgan fingerprint density at radius 2 is 1.95 bits per heavy atom. The van der Waals surface area contributed by atoms with Crippen molar-refractivity contribution < 1.29 is 23.9 Å². The number of amides is 2. The van der Waals surface area contributed by atoms with E-state index in [1.165, 1.54) is 12.1 Å². The Kier molecular flexibility index (Phi) is 4.57. The predicted octanol–water partition coefficient (Wildman–Crippen LogP) is 0.146. The van der Waals surface area contributed by atoms with E-state index in [2.05, 4.69) is 0 Å². The average Bonchev–Trinajstić information content (AvgIpc) is 2.29. The molecule has 0 bridgehead atoms. The molecule has 0 aromatic heterocycles. The molecule has 0 heterocycles. The van der Waals surface area contributed by atoms with Gasteiger partial charge in [-0.25, -0.2) is 4.39 Å². The highest BCUT2D eigenvalue weighted by atomic mass is 19.1. The van der Waals surface area contributed by atoms with Gasteiger partial charge in [0.15, 0.2) is 0 Å². The van der Waals surface area contributed by atoms with E-state index in [0.717, 1.165) is 6.07 Å². The number of primary amides is 1. The van der Waals surface area contributed by atoms with Gasteiger partial charge in [-0.2, -0.15) is 0 Å². The number of carboxylic acids is 1. The number of carbonyl (C=O) groups is 3. The van der Waals surface area contributed by atoms with E-state index in [9.17, 15) is 18.8 Å². The maximum absolute atomic E-state index is 13.5. The molecule has 0 aliphatic rings. The number of hydrogen-bond donors (Lipinski definition) is 2. The van der Waals surface area contributed by atoms with Gasteiger partial charge in [-0.05, 0) is 19.1 Å². The molecule has 1 rings (SSSR count). The third kappa shape index (κ3) is 4.06. The Bertz CT molecular complexity index is 514. The molecule has 0 fully saturated rings. The molecule has 0 saturated carbocycles. The summed E-state index contributed by atoms with van der Waals surface area (Å²) in [4.78, 5) is 34.1. The zero-order valence-corrected chi connectivity index (χ0v) is 10.2. The molecular formula is C12H13FN2O4. The van der Waals surface area contributed by atoms with Crippen LogP contribution in [0.3, 0.4) is 0 Å². The second-order valence-electron chi connectivity index (χ2n) is 4.00. The molecule has 3 N–H and O–H groups in total. The van der Waals surface area contributed by atoms with Crippen LogP contribution in [0.4, 0.5) is 4.39 Å². The topological polar surface area (TPSA) is 101 Å². The fourth-order valence-electron chi connectivity index (χ4n) is 1.52. The first-order valence-corrected chi connectivity index (χ1v) is 5.36. The van der Waals surface area contributed by atoms with Crippen LogP contribution in [0.25, 0.3) is 0 Å². The summed E-state index contributed by atoms with van der Waals surface area (Å²) in [6.45, 7) is 0.347. The zero-order valence-electron chi connectivity index (χ0n) is 10.2. The van der Waals surface area contributed by atoms with Crippen LogP contribution in [0.1, 0.15) is 15.9 Å². The Morgan fingerprint density at radius 1 is 1.32 bits per heavy atom. The molecule has 1 aromatic carbocycles. The van der Waals surface area contributed by atoms with Gasteiger partial charge in [0.25, 0.3) is 5.91 Å². The Balaban J connectivity index is 3.07. The van der Waals surface area contributed by atoms with Gasteiger partial charge in [0.2, 0.25) is 5.91 Å². The average molecular weight is 268 g/mol. The minimum atomic E-state index is -1.32. The summed E-state index contributed by atoms with van der Waals surface area (Å²) >= 11 is 0. The van der Waals surface area contributed by atoms with E-state index in [-0.39, 0.29) is 5.56 Å². The number of nitrogens with zero attached hydrogens (tertiary/aromatic N) is 1. The van der Waals surface area contributed by atoms with Crippen molar-refractivity contribution in [3.63, 3.8) is 0 Å². The Labute approximate surface area is 108 Å². The van der Waals surface area contributed by atoms with Crippen LogP contribution >= 0.6 is 0 Å². The molecule has 0 spiro atoms. The summed E-state index contributed by atoms with van der Waals surface area (Å²) < 4.78 is 13.5. The molecule has 102 valence electrons. The summed E-state index contributed by atoms with van der Waals surface area (Å²) in [6.07, 6.45) is 0. The maximum atomic E-state index is 13.5. The number of halogens is 1. The molecule has 7 heteroatoms. The van der Waals surface area contributed by atoms with Crippen LogP contribution in [0.2, 0.25) is 0 Å². The number of benzene rings is 1. The lowest BCUT2D eigenvalue weighted by Crippen LogP contribution is -2.41. The maximum Gasteiger partial charge on any atom is 0.323 e. The van der Waals surface area contributed by atoms with Crippen molar-refractivity contribution in [2.24, 2.45) is 5.73 Å². The lowest BCUT2D eigenvalue weighted by molar-refractivity contribution is -0.138. The highest BCUT2D eigenvalue weighted by Gasteiger charge is 2.22. The predicted molar refractivity (Wildman–Crippen MR) is 63.9 cm³/mol. The highest BCUT2D eigenvalue weighted by Crippen LogP contribution is 2.12. The van der Waals surface area contributed by atoms with E-state index in [1.54, 1.807) is 6.92 Å². The number of aliphatic carboxylic acids is 1. The van der Waals surface area contributed by atoms with E-state index < -0.39 is 36.7 Å². The first-order valence-electron chi connectivity index (χ1n) is 5.36. The van der Waals surface area contributed by atoms with E-state index in [0.29, 0.717) is 10.5 Å². The lowest BCUT2D eigenvalue weighted by Gasteiger charge is -2.19. The molecule has 19 heavy (non-hydrogen) atoms. The number of rotatable bonds is 5. The van der Waals surface area contributed by atoms with Gasteiger partial charge in [0.05, 0.1) is 5.56 Å². The molecule has 0 unspecified atom stereocenters. The minimum absolute atomic E-state index is 0.289. The first kappa shape index (κ1) is 14.6. The molecule has 0 saturated heterocycles. The fraction of sp³-hybridized carbons (Fsp3) is 0.250. The van der Waals surface area contributed by atoms with E-state index >= 15 is 0 Å². The number of carbonyl (C=O) groups excluding carboxylic acids is 2. The molecular weight excluding hydrogens is 255 g/mol. The number of carboxylic acid groups (broad SMARTS) is 1. The number of hydrogen-bond acceptors (Lipinski definition) is 3. The van der Waals surface area contributed by atoms with Crippen molar-refractivity contribution in [2.45, 2.75) is 6.92 Å². The fourth-order valence-corrected chi connectivity index (χ4v) is 1.52. The largest absolute Gasteiger partial charge is 0.480 e. The summed E-state index contributed by atoms with van der Waals surface area (Å²) in [5.41, 5.74) is 5.28. The minimum Gasteiger partial charge on any atom is -0.480 e. The number of aryl methyl sites for hydroxylation is 1. The highest BCUT2D eigenvalue weighted by molar-refractivity contribution is 5.98. The SMILES string of the molecule is Cc1ccc(F)c(C(=O)N(CC(N)=O)CC(=O)O)c1. The normalized spacial score (nSPS) is 10.0. The summed E-state index contributed by atoms with van der Waals surface area (Å²) in [5.74, 6) is -3.86. The van der Waals surface area contributed by atoms with Gasteiger partial charge in [0, 0.05) is 0 Å². The molecule has 0 aliphatic carbocycles. The zero-order chi connectivity index (χ0) is 14.6. The summed E-state index contributed by atoms with van der Waals surface area (Å²) in [6, 6.07) is 3.86. The first-order chi connectivity index (χ1) is 8.81. The molecule has 0 radical (unpaired) electrons. The van der Waals surface area contributed by atoms with Crippen LogP contribution in [0, 0.1) is 12.7 Å². The third-order valence-electron chi connectivity index (χ3n) is 2.31. The summed E-state index contributed by atoms with van der Waals surface area (Å²) in [5, 5.41) is 8.68. The second-order valence-corrected chi connectivity index (χ2v) is 4.00. The van der Waals surface area contributed by atoms with Gasteiger partial charge in [-0.1, -0.05) is 11.6 Å². The van der Waals surface area contributed by atoms with Crippen molar-refractivity contribution in [3.05, 3.63) is 35.1 Å². The van der Waals surface area contributed by atoms with Crippen LogP contribution in [0.5, 0.6) is 0 Å². The van der Waals surface area contributed by atoms with Crippen LogP contribution in [-0.2, 0) is 9.59 Å². The molecule has 2 amide bonds. The van der Waals surface area contributed by atoms with Gasteiger partial charge >= 0.3 is 5.97 Å². The Hall–Kier alpha value is -2.44. The van der Waals surface area contributed by atoms with Crippen molar-refractivity contribution in [2.75, 3.05) is 13.1 Å². The number of nitrogens with two attached hydrogens (primary N) is 1. The van der Waals surface area contributed by atoms with Gasteiger partial charge in [-0.15, -0.1) is 0 Å². The lowest BCUT2D eigenvalue weighted by atomic mass is 10.1. The molecule has 0 atom stereocenters. The van der Waals surface area contributed by atoms with Crippen LogP contribution in [-0.4, -0.2) is 40.9 Å². The van der Waals surface area contributed by atoms with Crippen LogP contribution in [0.15, 0.2) is 18.2 Å². The second kappa shape index (κ2) is 5.94. The quantitative estimate of drug-likeness (QED) is 0.793. The molecule has 1 aromatic rings. The van der Waals surface area contributed by atoms with Crippen molar-refractivity contribution >= 4 is 17.8 Å². The van der Waals surface area contributed by atoms with Gasteiger partial charge in [0.1, 0.15) is 18.9 Å². The van der Waals surface area contributed by atoms with Crippen molar-refractivity contribution in [3.8, 4) is 0 Å². The monoisotopic (exact) mass is 268 g/mol. The van der Waals surface area contributed by atoms with Gasteiger partial charge < -0.3 is 15.7 Å². The molecule has 0 aliphatic heterocycles. The standard InChI is InChI=1S/C12H13FN2O4/c1-7-2-3-9(13)8(4-7)12(19)15(5-10(14)16)6-11(17)18/h2-4H,5-6H2,1H3,(H2,14,16)(H,17,18). The van der Waals surface area contributed by atoms with Gasteiger partial charge in [-0.3, -0.25) is 14.4 Å². The van der Waals surface area contributed by atoms with E-state index in [1.807, 2.05) is 0 Å². The van der Waals surface area contributed by atoms with Crippen molar-refractivity contribution in [1.82, 2.24) is 4.90 Å². The Morgan fingerprint density at radius 3 is 2.47 bits per heavy atom. The smallest absolute Gasteiger partial charge is 0.323 e.